The van der Waals surface area contributed by atoms with Crippen LogP contribution in [0.3, 0.4) is 0 Å². The molecule has 1 heterocycles. The van der Waals surface area contributed by atoms with Crippen LogP contribution in [0.15, 0.2) is 39.5 Å². The van der Waals surface area contributed by atoms with Crippen LogP contribution < -0.4 is 10.4 Å². The molecule has 0 fully saturated rings. The quantitative estimate of drug-likeness (QED) is 0.568. The van der Waals surface area contributed by atoms with Crippen molar-refractivity contribution in [2.45, 2.75) is 6.92 Å². The molecule has 0 amide bonds. The second-order valence-electron chi connectivity index (χ2n) is 3.17. The summed E-state index contributed by atoms with van der Waals surface area (Å²) >= 11 is 0. The first-order valence-electron chi connectivity index (χ1n) is 4.86. The van der Waals surface area contributed by atoms with Gasteiger partial charge in [-0.05, 0) is 25.1 Å². The summed E-state index contributed by atoms with van der Waals surface area (Å²) in [6.07, 6.45) is 0. The van der Waals surface area contributed by atoms with Crippen molar-refractivity contribution in [1.29, 1.82) is 0 Å². The van der Waals surface area contributed by atoms with Gasteiger partial charge in [0.05, 0.1) is 0 Å². The maximum absolute atomic E-state index is 11.0. The van der Waals surface area contributed by atoms with Gasteiger partial charge in [0.15, 0.2) is 0 Å². The van der Waals surface area contributed by atoms with E-state index in [9.17, 15) is 4.79 Å². The Hall–Kier alpha value is -2.21. The number of ether oxygens (including phenoxy) is 1. The molecular formula is C13H10O3. The summed E-state index contributed by atoms with van der Waals surface area (Å²) < 4.78 is 10.4. The molecule has 0 radical (unpaired) electrons. The van der Waals surface area contributed by atoms with Gasteiger partial charge in [0.25, 0.3) is 0 Å². The van der Waals surface area contributed by atoms with Crippen LogP contribution in [0.4, 0.5) is 0 Å². The third-order valence-corrected chi connectivity index (χ3v) is 2.08. The van der Waals surface area contributed by atoms with Crippen LogP contribution in [-0.4, -0.2) is 6.61 Å². The molecule has 3 nitrogen and oxygen atoms in total. The van der Waals surface area contributed by atoms with Gasteiger partial charge in [-0.15, -0.1) is 5.92 Å². The third-order valence-electron chi connectivity index (χ3n) is 2.08. The Kier molecular flexibility index (Phi) is 2.93. The first kappa shape index (κ1) is 10.3. The maximum Gasteiger partial charge on any atom is 0.336 e. The molecule has 0 bridgehead atoms. The third kappa shape index (κ3) is 2.23. The van der Waals surface area contributed by atoms with Gasteiger partial charge in [-0.1, -0.05) is 5.92 Å². The van der Waals surface area contributed by atoms with Gasteiger partial charge in [0.2, 0.25) is 0 Å². The van der Waals surface area contributed by atoms with Crippen molar-refractivity contribution in [2.75, 3.05) is 6.61 Å². The molecular weight excluding hydrogens is 204 g/mol. The van der Waals surface area contributed by atoms with Crippen LogP contribution in [-0.2, 0) is 0 Å². The average molecular weight is 214 g/mol. The minimum Gasteiger partial charge on any atom is -0.481 e. The van der Waals surface area contributed by atoms with E-state index in [-0.39, 0.29) is 5.63 Å². The minimum atomic E-state index is -0.363. The zero-order valence-electron chi connectivity index (χ0n) is 8.82. The number of hydrogen-bond acceptors (Lipinski definition) is 3. The Morgan fingerprint density at radius 3 is 2.94 bits per heavy atom. The van der Waals surface area contributed by atoms with Crippen molar-refractivity contribution in [3.63, 3.8) is 0 Å². The highest BCUT2D eigenvalue weighted by molar-refractivity contribution is 5.77. The maximum atomic E-state index is 11.0. The van der Waals surface area contributed by atoms with Gasteiger partial charge in [0, 0.05) is 17.5 Å². The summed E-state index contributed by atoms with van der Waals surface area (Å²) in [6.45, 7) is 2.09. The van der Waals surface area contributed by atoms with E-state index in [1.54, 1.807) is 19.1 Å². The van der Waals surface area contributed by atoms with Crippen LogP contribution in [0.1, 0.15) is 6.92 Å². The topological polar surface area (TPSA) is 39.4 Å². The lowest BCUT2D eigenvalue weighted by Gasteiger charge is -2.02. The van der Waals surface area contributed by atoms with Crippen LogP contribution in [0.5, 0.6) is 5.75 Å². The summed E-state index contributed by atoms with van der Waals surface area (Å²) in [6, 6.07) is 8.46. The van der Waals surface area contributed by atoms with E-state index in [0.717, 1.165) is 5.39 Å². The smallest absolute Gasteiger partial charge is 0.336 e. The molecule has 0 atom stereocenters. The van der Waals surface area contributed by atoms with E-state index in [4.69, 9.17) is 9.15 Å². The van der Waals surface area contributed by atoms with E-state index in [2.05, 4.69) is 11.8 Å². The molecule has 80 valence electrons. The summed E-state index contributed by atoms with van der Waals surface area (Å²) in [5.74, 6) is 6.17. The molecule has 0 aliphatic carbocycles. The molecule has 0 spiro atoms. The van der Waals surface area contributed by atoms with E-state index in [0.29, 0.717) is 17.9 Å². The monoisotopic (exact) mass is 214 g/mol. The van der Waals surface area contributed by atoms with Crippen molar-refractivity contribution in [3.8, 4) is 17.6 Å². The van der Waals surface area contributed by atoms with E-state index in [1.807, 2.05) is 12.1 Å². The largest absolute Gasteiger partial charge is 0.481 e. The average Bonchev–Trinajstić information content (AvgIpc) is 2.29. The Morgan fingerprint density at radius 2 is 2.12 bits per heavy atom. The highest BCUT2D eigenvalue weighted by Crippen LogP contribution is 2.19. The van der Waals surface area contributed by atoms with Crippen molar-refractivity contribution in [3.05, 3.63) is 40.8 Å². The summed E-state index contributed by atoms with van der Waals surface area (Å²) in [4.78, 5) is 11.0. The van der Waals surface area contributed by atoms with E-state index in [1.165, 1.54) is 6.07 Å². The van der Waals surface area contributed by atoms with E-state index < -0.39 is 0 Å². The molecule has 3 heteroatoms. The van der Waals surface area contributed by atoms with E-state index >= 15 is 0 Å². The zero-order chi connectivity index (χ0) is 11.4. The predicted octanol–water partition coefficient (Wildman–Crippen LogP) is 2.20. The molecule has 1 aromatic heterocycles. The predicted molar refractivity (Wildman–Crippen MR) is 61.4 cm³/mol. The Bertz CT molecular complexity index is 614. The number of fused-ring (bicyclic) bond motifs is 1. The van der Waals surface area contributed by atoms with Crippen LogP contribution >= 0.6 is 0 Å². The molecule has 16 heavy (non-hydrogen) atoms. The van der Waals surface area contributed by atoms with Crippen molar-refractivity contribution in [2.24, 2.45) is 0 Å². The fraction of sp³-hybridized carbons (Fsp3) is 0.154. The summed E-state index contributed by atoms with van der Waals surface area (Å²) in [5.41, 5.74) is 0.160. The van der Waals surface area contributed by atoms with Crippen LogP contribution in [0.2, 0.25) is 0 Å². The SMILES string of the molecule is CC#CCOc1ccc2ccc(=O)oc2c1. The molecule has 0 saturated carbocycles. The highest BCUT2D eigenvalue weighted by Gasteiger charge is 1.99. The molecule has 2 aromatic rings. The van der Waals surface area contributed by atoms with Gasteiger partial charge in [0.1, 0.15) is 17.9 Å². The van der Waals surface area contributed by atoms with Crippen molar-refractivity contribution >= 4 is 11.0 Å². The fourth-order valence-electron chi connectivity index (χ4n) is 1.32. The lowest BCUT2D eigenvalue weighted by molar-refractivity contribution is 0.370. The first-order valence-corrected chi connectivity index (χ1v) is 4.86. The molecule has 2 rings (SSSR count). The van der Waals surface area contributed by atoms with Crippen molar-refractivity contribution in [1.82, 2.24) is 0 Å². The van der Waals surface area contributed by atoms with Gasteiger partial charge in [-0.3, -0.25) is 0 Å². The van der Waals surface area contributed by atoms with Gasteiger partial charge in [-0.2, -0.15) is 0 Å². The first-order chi connectivity index (χ1) is 7.79. The molecule has 0 unspecified atom stereocenters. The number of benzene rings is 1. The summed E-state index contributed by atoms with van der Waals surface area (Å²) in [7, 11) is 0. The molecule has 0 saturated heterocycles. The van der Waals surface area contributed by atoms with Gasteiger partial charge >= 0.3 is 5.63 Å². The second kappa shape index (κ2) is 4.54. The van der Waals surface area contributed by atoms with Crippen molar-refractivity contribution < 1.29 is 9.15 Å². The molecule has 1 aromatic carbocycles. The summed E-state index contributed by atoms with van der Waals surface area (Å²) in [5, 5.41) is 0.869. The lowest BCUT2D eigenvalue weighted by Crippen LogP contribution is -1.96. The molecule has 0 aliphatic heterocycles. The Labute approximate surface area is 92.7 Å². The standard InChI is InChI=1S/C13H10O3/c1-2-3-8-15-11-6-4-10-5-7-13(14)16-12(10)9-11/h4-7,9H,8H2,1H3. The van der Waals surface area contributed by atoms with Gasteiger partial charge in [-0.25, -0.2) is 4.79 Å². The minimum absolute atomic E-state index is 0.332. The fourth-order valence-corrected chi connectivity index (χ4v) is 1.32. The Balaban J connectivity index is 2.34. The molecule has 0 N–H and O–H groups in total. The molecule has 0 aliphatic rings. The lowest BCUT2D eigenvalue weighted by atomic mass is 10.2. The number of rotatable bonds is 2. The van der Waals surface area contributed by atoms with Gasteiger partial charge < -0.3 is 9.15 Å². The second-order valence-corrected chi connectivity index (χ2v) is 3.17. The normalized spacial score (nSPS) is 9.56. The Morgan fingerprint density at radius 1 is 1.31 bits per heavy atom. The zero-order valence-corrected chi connectivity index (χ0v) is 8.82. The van der Waals surface area contributed by atoms with Crippen LogP contribution in [0, 0.1) is 11.8 Å². The number of hydrogen-bond donors (Lipinski definition) is 0. The highest BCUT2D eigenvalue weighted by atomic mass is 16.5. The van der Waals surface area contributed by atoms with Crippen LogP contribution in [0.25, 0.3) is 11.0 Å².